The summed E-state index contributed by atoms with van der Waals surface area (Å²) < 4.78 is 0. The minimum absolute atomic E-state index is 0.740. The van der Waals surface area contributed by atoms with Crippen LogP contribution in [0.3, 0.4) is 0 Å². The molecule has 80 valence electrons. The average molecular weight is 212 g/mol. The van der Waals surface area contributed by atoms with Crippen LogP contribution in [0.2, 0.25) is 0 Å². The van der Waals surface area contributed by atoms with Gasteiger partial charge in [-0.1, -0.05) is 18.2 Å². The second-order valence-electron chi connectivity index (χ2n) is 3.26. The van der Waals surface area contributed by atoms with Gasteiger partial charge in [-0.3, -0.25) is 5.43 Å². The quantitative estimate of drug-likeness (QED) is 0.627. The van der Waals surface area contributed by atoms with Crippen molar-refractivity contribution in [1.82, 2.24) is 9.97 Å². The van der Waals surface area contributed by atoms with Crippen molar-refractivity contribution in [3.05, 3.63) is 54.1 Å². The maximum absolute atomic E-state index is 4.20. The summed E-state index contributed by atoms with van der Waals surface area (Å²) in [6, 6.07) is 11.6. The fourth-order valence-corrected chi connectivity index (χ4v) is 1.23. The van der Waals surface area contributed by atoms with Gasteiger partial charge < -0.3 is 0 Å². The Kier molecular flexibility index (Phi) is 3.23. The zero-order valence-corrected chi connectivity index (χ0v) is 8.96. The summed E-state index contributed by atoms with van der Waals surface area (Å²) in [5.74, 6) is 0.740. The molecule has 2 rings (SSSR count). The molecule has 0 amide bonds. The highest BCUT2D eigenvalue weighted by atomic mass is 15.3. The van der Waals surface area contributed by atoms with Crippen molar-refractivity contribution in [3.8, 4) is 0 Å². The van der Waals surface area contributed by atoms with Gasteiger partial charge >= 0.3 is 0 Å². The highest BCUT2D eigenvalue weighted by molar-refractivity contribution is 5.77. The molecule has 1 aromatic heterocycles. The van der Waals surface area contributed by atoms with Crippen LogP contribution >= 0.6 is 0 Å². The fourth-order valence-electron chi connectivity index (χ4n) is 1.23. The van der Waals surface area contributed by atoms with Crippen LogP contribution in [-0.4, -0.2) is 16.2 Å². The Hall–Kier alpha value is -2.23. The molecule has 0 saturated carbocycles. The molecule has 2 aromatic rings. The summed E-state index contributed by atoms with van der Waals surface area (Å²) in [5, 5.41) is 4.09. The minimum Gasteiger partial charge on any atom is -0.278 e. The number of rotatable bonds is 3. The SMILES string of the molecule is Cc1nccc(/C=N/Nc2ccccc2)n1. The molecule has 0 saturated heterocycles. The van der Waals surface area contributed by atoms with Gasteiger partial charge in [0.05, 0.1) is 17.6 Å². The van der Waals surface area contributed by atoms with Gasteiger partial charge in [-0.15, -0.1) is 0 Å². The first-order valence-corrected chi connectivity index (χ1v) is 4.98. The molecule has 4 heteroatoms. The van der Waals surface area contributed by atoms with E-state index in [-0.39, 0.29) is 0 Å². The van der Waals surface area contributed by atoms with Gasteiger partial charge in [0.1, 0.15) is 5.82 Å². The Morgan fingerprint density at radius 3 is 2.75 bits per heavy atom. The van der Waals surface area contributed by atoms with Crippen molar-refractivity contribution in [3.63, 3.8) is 0 Å². The number of benzene rings is 1. The summed E-state index contributed by atoms with van der Waals surface area (Å²) in [5.41, 5.74) is 4.66. The summed E-state index contributed by atoms with van der Waals surface area (Å²) in [7, 11) is 0. The second-order valence-corrected chi connectivity index (χ2v) is 3.26. The first-order chi connectivity index (χ1) is 7.84. The number of para-hydroxylation sites is 1. The molecule has 0 radical (unpaired) electrons. The number of hydrogen-bond donors (Lipinski definition) is 1. The van der Waals surface area contributed by atoms with Crippen LogP contribution in [-0.2, 0) is 0 Å². The van der Waals surface area contributed by atoms with E-state index in [0.29, 0.717) is 0 Å². The third-order valence-corrected chi connectivity index (χ3v) is 1.96. The number of anilines is 1. The van der Waals surface area contributed by atoms with Gasteiger partial charge in [-0.25, -0.2) is 9.97 Å². The Balaban J connectivity index is 2.00. The van der Waals surface area contributed by atoms with Gasteiger partial charge in [0.2, 0.25) is 0 Å². The van der Waals surface area contributed by atoms with E-state index < -0.39 is 0 Å². The van der Waals surface area contributed by atoms with E-state index in [0.717, 1.165) is 17.2 Å². The molecule has 0 fully saturated rings. The van der Waals surface area contributed by atoms with Crippen molar-refractivity contribution in [2.24, 2.45) is 5.10 Å². The molecule has 0 atom stereocenters. The molecular weight excluding hydrogens is 200 g/mol. The van der Waals surface area contributed by atoms with E-state index in [1.165, 1.54) is 0 Å². The number of hydrazone groups is 1. The van der Waals surface area contributed by atoms with Gasteiger partial charge in [-0.05, 0) is 25.1 Å². The third-order valence-electron chi connectivity index (χ3n) is 1.96. The number of aryl methyl sites for hydroxylation is 1. The average Bonchev–Trinajstić information content (AvgIpc) is 2.30. The lowest BCUT2D eigenvalue weighted by Gasteiger charge is -1.98. The van der Waals surface area contributed by atoms with Crippen molar-refractivity contribution in [1.29, 1.82) is 0 Å². The fraction of sp³-hybridized carbons (Fsp3) is 0.0833. The van der Waals surface area contributed by atoms with Gasteiger partial charge in [0, 0.05) is 6.20 Å². The van der Waals surface area contributed by atoms with E-state index in [2.05, 4.69) is 20.5 Å². The number of nitrogens with zero attached hydrogens (tertiary/aromatic N) is 3. The van der Waals surface area contributed by atoms with Crippen LogP contribution < -0.4 is 5.43 Å². The molecule has 0 unspecified atom stereocenters. The molecule has 1 heterocycles. The molecular formula is C12H12N4. The van der Waals surface area contributed by atoms with Gasteiger partial charge in [0.15, 0.2) is 0 Å². The first kappa shape index (κ1) is 10.3. The summed E-state index contributed by atoms with van der Waals surface area (Å²) >= 11 is 0. The Morgan fingerprint density at radius 1 is 1.19 bits per heavy atom. The van der Waals surface area contributed by atoms with Crippen molar-refractivity contribution in [2.75, 3.05) is 5.43 Å². The minimum atomic E-state index is 0.740. The summed E-state index contributed by atoms with van der Waals surface area (Å²) in [6.45, 7) is 1.85. The molecule has 0 bridgehead atoms. The monoisotopic (exact) mass is 212 g/mol. The first-order valence-electron chi connectivity index (χ1n) is 4.98. The summed E-state index contributed by atoms with van der Waals surface area (Å²) in [4.78, 5) is 8.22. The largest absolute Gasteiger partial charge is 0.278 e. The van der Waals surface area contributed by atoms with E-state index in [4.69, 9.17) is 0 Å². The lowest BCUT2D eigenvalue weighted by molar-refractivity contribution is 1.04. The molecule has 0 aliphatic carbocycles. The highest BCUT2D eigenvalue weighted by Gasteiger charge is 1.90. The Labute approximate surface area is 94.1 Å². The smallest absolute Gasteiger partial charge is 0.125 e. The lowest BCUT2D eigenvalue weighted by atomic mass is 10.3. The van der Waals surface area contributed by atoms with Crippen LogP contribution in [0.4, 0.5) is 5.69 Å². The molecule has 1 aromatic carbocycles. The predicted molar refractivity (Wildman–Crippen MR) is 64.4 cm³/mol. The molecule has 16 heavy (non-hydrogen) atoms. The highest BCUT2D eigenvalue weighted by Crippen LogP contribution is 2.04. The molecule has 0 aliphatic rings. The molecule has 0 spiro atoms. The van der Waals surface area contributed by atoms with Crippen molar-refractivity contribution < 1.29 is 0 Å². The van der Waals surface area contributed by atoms with E-state index >= 15 is 0 Å². The van der Waals surface area contributed by atoms with Crippen LogP contribution in [0.15, 0.2) is 47.7 Å². The zero-order chi connectivity index (χ0) is 11.2. The molecule has 1 N–H and O–H groups in total. The number of nitrogens with one attached hydrogen (secondary N) is 1. The third kappa shape index (κ3) is 2.88. The maximum Gasteiger partial charge on any atom is 0.125 e. The van der Waals surface area contributed by atoms with Crippen LogP contribution in [0.5, 0.6) is 0 Å². The molecule has 4 nitrogen and oxygen atoms in total. The zero-order valence-electron chi connectivity index (χ0n) is 8.96. The Morgan fingerprint density at radius 2 is 2.00 bits per heavy atom. The standard InChI is InChI=1S/C12H12N4/c1-10-13-8-7-12(15-10)9-14-16-11-5-3-2-4-6-11/h2-9,16H,1H3/b14-9+. The van der Waals surface area contributed by atoms with Gasteiger partial charge in [0.25, 0.3) is 0 Å². The van der Waals surface area contributed by atoms with Crippen molar-refractivity contribution in [2.45, 2.75) is 6.92 Å². The molecule has 0 aliphatic heterocycles. The normalized spacial score (nSPS) is 10.6. The van der Waals surface area contributed by atoms with Crippen LogP contribution in [0.1, 0.15) is 11.5 Å². The number of hydrogen-bond acceptors (Lipinski definition) is 4. The second kappa shape index (κ2) is 5.02. The van der Waals surface area contributed by atoms with Crippen LogP contribution in [0, 0.1) is 6.92 Å². The van der Waals surface area contributed by atoms with Crippen LogP contribution in [0.25, 0.3) is 0 Å². The van der Waals surface area contributed by atoms with Crippen molar-refractivity contribution >= 4 is 11.9 Å². The lowest BCUT2D eigenvalue weighted by Crippen LogP contribution is -1.95. The van der Waals surface area contributed by atoms with E-state index in [1.54, 1.807) is 12.4 Å². The van der Waals surface area contributed by atoms with Gasteiger partial charge in [-0.2, -0.15) is 5.10 Å². The topological polar surface area (TPSA) is 50.2 Å². The maximum atomic E-state index is 4.20. The van der Waals surface area contributed by atoms with E-state index in [1.807, 2.05) is 43.3 Å². The predicted octanol–water partition coefficient (Wildman–Crippen LogP) is 2.23. The number of aromatic nitrogens is 2. The van der Waals surface area contributed by atoms with E-state index in [9.17, 15) is 0 Å². The Bertz CT molecular complexity index is 479. The summed E-state index contributed by atoms with van der Waals surface area (Å²) in [6.07, 6.45) is 3.38.